The van der Waals surface area contributed by atoms with Crippen LogP contribution in [0, 0.1) is 0 Å². The van der Waals surface area contributed by atoms with E-state index in [1.807, 2.05) is 24.3 Å². The van der Waals surface area contributed by atoms with Crippen LogP contribution in [0.25, 0.3) is 11.1 Å². The minimum absolute atomic E-state index is 0.468. The first-order valence-corrected chi connectivity index (χ1v) is 5.47. The quantitative estimate of drug-likeness (QED) is 0.781. The number of pyridine rings is 1. The van der Waals surface area contributed by atoms with Gasteiger partial charge in [0.1, 0.15) is 5.15 Å². The van der Waals surface area contributed by atoms with E-state index in [4.69, 9.17) is 21.1 Å². The molecule has 0 bridgehead atoms. The number of hydrogen-bond donors (Lipinski definition) is 0. The second kappa shape index (κ2) is 5.06. The van der Waals surface area contributed by atoms with Crippen molar-refractivity contribution in [2.24, 2.45) is 0 Å². The number of hydrogen-bond acceptors (Lipinski definition) is 3. The molecule has 0 atom stereocenters. The molecule has 0 amide bonds. The first-order chi connectivity index (χ1) is 8.26. The lowest BCUT2D eigenvalue weighted by Gasteiger charge is -2.12. The van der Waals surface area contributed by atoms with Crippen LogP contribution in [-0.4, -0.2) is 19.2 Å². The third kappa shape index (κ3) is 2.34. The number of methoxy groups -OCH3 is 2. The number of ether oxygens (including phenoxy) is 2. The molecule has 0 spiro atoms. The van der Waals surface area contributed by atoms with Gasteiger partial charge in [-0.25, -0.2) is 4.98 Å². The molecule has 0 saturated heterocycles. The molecule has 17 heavy (non-hydrogen) atoms. The standard InChI is InChI=1S/C13H12ClNO2/c1-16-11-5-3-4-10(13(11)17-2)9-6-7-12(14)15-8-9/h3-8H,1-2H3. The lowest BCUT2D eigenvalue weighted by molar-refractivity contribution is 0.356. The average molecular weight is 250 g/mol. The van der Waals surface area contributed by atoms with Gasteiger partial charge in [-0.3, -0.25) is 0 Å². The number of benzene rings is 1. The summed E-state index contributed by atoms with van der Waals surface area (Å²) in [4.78, 5) is 4.06. The van der Waals surface area contributed by atoms with Crippen molar-refractivity contribution in [1.82, 2.24) is 4.98 Å². The molecule has 3 nitrogen and oxygen atoms in total. The van der Waals surface area contributed by atoms with Crippen molar-refractivity contribution in [3.05, 3.63) is 41.7 Å². The maximum atomic E-state index is 5.76. The normalized spacial score (nSPS) is 10.1. The van der Waals surface area contributed by atoms with Crippen molar-refractivity contribution in [1.29, 1.82) is 0 Å². The molecular weight excluding hydrogens is 238 g/mol. The summed E-state index contributed by atoms with van der Waals surface area (Å²) in [5.41, 5.74) is 1.86. The maximum absolute atomic E-state index is 5.76. The molecule has 0 aliphatic heterocycles. The van der Waals surface area contributed by atoms with Gasteiger partial charge in [-0.1, -0.05) is 23.7 Å². The highest BCUT2D eigenvalue weighted by molar-refractivity contribution is 6.29. The number of rotatable bonds is 3. The lowest BCUT2D eigenvalue weighted by Crippen LogP contribution is -1.93. The van der Waals surface area contributed by atoms with Crippen LogP contribution < -0.4 is 9.47 Å². The number of para-hydroxylation sites is 1. The monoisotopic (exact) mass is 249 g/mol. The first kappa shape index (κ1) is 11.7. The molecule has 4 heteroatoms. The van der Waals surface area contributed by atoms with E-state index < -0.39 is 0 Å². The van der Waals surface area contributed by atoms with E-state index in [0.717, 1.165) is 11.1 Å². The molecule has 0 aliphatic rings. The summed E-state index contributed by atoms with van der Waals surface area (Å²) in [6, 6.07) is 9.35. The molecule has 1 aromatic heterocycles. The van der Waals surface area contributed by atoms with Gasteiger partial charge in [-0.15, -0.1) is 0 Å². The van der Waals surface area contributed by atoms with E-state index in [1.165, 1.54) is 0 Å². The fraction of sp³-hybridized carbons (Fsp3) is 0.154. The molecule has 0 aliphatic carbocycles. The fourth-order valence-electron chi connectivity index (χ4n) is 1.65. The Morgan fingerprint density at radius 1 is 1.06 bits per heavy atom. The van der Waals surface area contributed by atoms with E-state index in [-0.39, 0.29) is 0 Å². The number of aromatic nitrogens is 1. The second-order valence-electron chi connectivity index (χ2n) is 3.41. The van der Waals surface area contributed by atoms with Gasteiger partial charge in [0.25, 0.3) is 0 Å². The Morgan fingerprint density at radius 3 is 2.47 bits per heavy atom. The van der Waals surface area contributed by atoms with E-state index in [0.29, 0.717) is 16.7 Å². The molecule has 0 fully saturated rings. The van der Waals surface area contributed by atoms with Crippen molar-refractivity contribution in [2.75, 3.05) is 14.2 Å². The summed E-state index contributed by atoms with van der Waals surface area (Å²) in [6.07, 6.45) is 1.71. The van der Waals surface area contributed by atoms with Crippen molar-refractivity contribution in [3.63, 3.8) is 0 Å². The fourth-order valence-corrected chi connectivity index (χ4v) is 1.76. The van der Waals surface area contributed by atoms with Crippen LogP contribution in [-0.2, 0) is 0 Å². The molecule has 2 aromatic rings. The average Bonchev–Trinajstić information content (AvgIpc) is 2.38. The zero-order valence-electron chi connectivity index (χ0n) is 9.61. The molecule has 0 N–H and O–H groups in total. The predicted molar refractivity (Wildman–Crippen MR) is 67.8 cm³/mol. The van der Waals surface area contributed by atoms with Crippen molar-refractivity contribution >= 4 is 11.6 Å². The topological polar surface area (TPSA) is 31.4 Å². The molecule has 1 heterocycles. The Hall–Kier alpha value is -1.74. The SMILES string of the molecule is COc1cccc(-c2ccc(Cl)nc2)c1OC. The Kier molecular flexibility index (Phi) is 3.49. The van der Waals surface area contributed by atoms with E-state index >= 15 is 0 Å². The lowest BCUT2D eigenvalue weighted by atomic mass is 10.1. The van der Waals surface area contributed by atoms with Gasteiger partial charge in [-0.2, -0.15) is 0 Å². The smallest absolute Gasteiger partial charge is 0.168 e. The third-order valence-corrected chi connectivity index (χ3v) is 2.66. The Balaban J connectivity index is 2.54. The zero-order chi connectivity index (χ0) is 12.3. The largest absolute Gasteiger partial charge is 0.493 e. The zero-order valence-corrected chi connectivity index (χ0v) is 10.4. The molecule has 88 valence electrons. The first-order valence-electron chi connectivity index (χ1n) is 5.09. The van der Waals surface area contributed by atoms with Gasteiger partial charge in [0, 0.05) is 17.3 Å². The highest BCUT2D eigenvalue weighted by Gasteiger charge is 2.11. The van der Waals surface area contributed by atoms with E-state index in [2.05, 4.69) is 4.98 Å². The van der Waals surface area contributed by atoms with Gasteiger partial charge < -0.3 is 9.47 Å². The molecule has 2 rings (SSSR count). The van der Waals surface area contributed by atoms with Crippen molar-refractivity contribution in [3.8, 4) is 22.6 Å². The number of nitrogens with zero attached hydrogens (tertiary/aromatic N) is 1. The number of halogens is 1. The van der Waals surface area contributed by atoms with E-state index in [9.17, 15) is 0 Å². The van der Waals surface area contributed by atoms with Gasteiger partial charge in [-0.05, 0) is 18.2 Å². The second-order valence-corrected chi connectivity index (χ2v) is 3.80. The van der Waals surface area contributed by atoms with Crippen molar-refractivity contribution < 1.29 is 9.47 Å². The van der Waals surface area contributed by atoms with Crippen LogP contribution in [0.2, 0.25) is 5.15 Å². The van der Waals surface area contributed by atoms with Gasteiger partial charge in [0.15, 0.2) is 11.5 Å². The van der Waals surface area contributed by atoms with Crippen molar-refractivity contribution in [2.45, 2.75) is 0 Å². The van der Waals surface area contributed by atoms with Gasteiger partial charge >= 0.3 is 0 Å². The highest BCUT2D eigenvalue weighted by Crippen LogP contribution is 2.37. The van der Waals surface area contributed by atoms with Crippen LogP contribution >= 0.6 is 11.6 Å². The molecule has 0 unspecified atom stereocenters. The van der Waals surface area contributed by atoms with Gasteiger partial charge in [0.05, 0.1) is 14.2 Å². The molecular formula is C13H12ClNO2. The molecule has 0 saturated carbocycles. The third-order valence-electron chi connectivity index (χ3n) is 2.44. The Bertz CT molecular complexity index is 511. The minimum Gasteiger partial charge on any atom is -0.493 e. The minimum atomic E-state index is 0.468. The van der Waals surface area contributed by atoms with Crippen LogP contribution in [0.3, 0.4) is 0 Å². The Labute approximate surface area is 105 Å². The summed E-state index contributed by atoms with van der Waals surface area (Å²) in [6.45, 7) is 0. The summed E-state index contributed by atoms with van der Waals surface area (Å²) in [5.74, 6) is 1.39. The summed E-state index contributed by atoms with van der Waals surface area (Å²) in [7, 11) is 3.23. The summed E-state index contributed by atoms with van der Waals surface area (Å²) >= 11 is 5.76. The summed E-state index contributed by atoms with van der Waals surface area (Å²) < 4.78 is 10.6. The highest BCUT2D eigenvalue weighted by atomic mass is 35.5. The van der Waals surface area contributed by atoms with Gasteiger partial charge in [0.2, 0.25) is 0 Å². The predicted octanol–water partition coefficient (Wildman–Crippen LogP) is 3.42. The van der Waals surface area contributed by atoms with Crippen LogP contribution in [0.4, 0.5) is 0 Å². The maximum Gasteiger partial charge on any atom is 0.168 e. The molecule has 1 aromatic carbocycles. The molecule has 0 radical (unpaired) electrons. The Morgan fingerprint density at radius 2 is 1.88 bits per heavy atom. The van der Waals surface area contributed by atoms with E-state index in [1.54, 1.807) is 26.5 Å². The van der Waals surface area contributed by atoms with Crippen LogP contribution in [0.1, 0.15) is 0 Å². The van der Waals surface area contributed by atoms with Crippen LogP contribution in [0.5, 0.6) is 11.5 Å². The van der Waals surface area contributed by atoms with Crippen LogP contribution in [0.15, 0.2) is 36.5 Å². The summed E-state index contributed by atoms with van der Waals surface area (Å²) in [5, 5.41) is 0.468.